The summed E-state index contributed by atoms with van der Waals surface area (Å²) in [6.07, 6.45) is 1.59. The van der Waals surface area contributed by atoms with Crippen LogP contribution in [0.3, 0.4) is 0 Å². The van der Waals surface area contributed by atoms with E-state index in [-0.39, 0.29) is 6.42 Å². The van der Waals surface area contributed by atoms with E-state index in [4.69, 9.17) is 14.9 Å². The monoisotopic (exact) mass is 275 g/mol. The molecule has 0 aliphatic rings. The standard InChI is InChI=1S/C15H17NO4/c1-3-10-4-5-12-11(8-19-13(12)6-10)7-14(17)20-9(2)15(16)18/h4-6,8-9H,3,7H2,1-2H3,(H2,16,18)/t9-/m0/s1. The van der Waals surface area contributed by atoms with E-state index in [2.05, 4.69) is 6.92 Å². The van der Waals surface area contributed by atoms with Crippen molar-refractivity contribution in [2.24, 2.45) is 5.73 Å². The molecule has 1 aromatic heterocycles. The minimum absolute atomic E-state index is 0.0517. The van der Waals surface area contributed by atoms with Crippen LogP contribution in [-0.4, -0.2) is 18.0 Å². The van der Waals surface area contributed by atoms with Crippen molar-refractivity contribution in [2.45, 2.75) is 32.8 Å². The highest BCUT2D eigenvalue weighted by Crippen LogP contribution is 2.23. The molecule has 0 spiro atoms. The number of hydrogen-bond acceptors (Lipinski definition) is 4. The van der Waals surface area contributed by atoms with Crippen LogP contribution < -0.4 is 5.73 Å². The largest absolute Gasteiger partial charge is 0.464 e. The maximum atomic E-state index is 11.7. The third-order valence-corrected chi connectivity index (χ3v) is 3.17. The molecule has 0 fully saturated rings. The van der Waals surface area contributed by atoms with E-state index in [1.807, 2.05) is 18.2 Å². The SMILES string of the molecule is CCc1ccc2c(CC(=O)O[C@@H](C)C(N)=O)coc2c1. The lowest BCUT2D eigenvalue weighted by atomic mass is 10.1. The molecule has 1 aromatic carbocycles. The molecule has 5 nitrogen and oxygen atoms in total. The quantitative estimate of drug-likeness (QED) is 0.845. The van der Waals surface area contributed by atoms with Crippen molar-refractivity contribution in [1.29, 1.82) is 0 Å². The Morgan fingerprint density at radius 2 is 2.15 bits per heavy atom. The highest BCUT2D eigenvalue weighted by molar-refractivity contribution is 5.87. The number of carbonyl (C=O) groups is 2. The van der Waals surface area contributed by atoms with Crippen molar-refractivity contribution < 1.29 is 18.7 Å². The fourth-order valence-corrected chi connectivity index (χ4v) is 1.94. The van der Waals surface area contributed by atoms with Crippen molar-refractivity contribution in [2.75, 3.05) is 0 Å². The second-order valence-corrected chi connectivity index (χ2v) is 4.66. The van der Waals surface area contributed by atoms with Crippen LogP contribution in [0.2, 0.25) is 0 Å². The maximum absolute atomic E-state index is 11.7. The molecule has 0 bridgehead atoms. The van der Waals surface area contributed by atoms with Gasteiger partial charge in [0.15, 0.2) is 6.10 Å². The Morgan fingerprint density at radius 1 is 1.40 bits per heavy atom. The summed E-state index contributed by atoms with van der Waals surface area (Å²) in [6.45, 7) is 3.51. The van der Waals surface area contributed by atoms with Crippen LogP contribution in [0.15, 0.2) is 28.9 Å². The van der Waals surface area contributed by atoms with Gasteiger partial charge in [-0.1, -0.05) is 19.1 Å². The Bertz CT molecular complexity index is 644. The molecule has 1 amide bonds. The maximum Gasteiger partial charge on any atom is 0.311 e. The molecule has 0 radical (unpaired) electrons. The normalized spacial score (nSPS) is 12.3. The number of carbonyl (C=O) groups excluding carboxylic acids is 2. The first-order valence-electron chi connectivity index (χ1n) is 6.49. The van der Waals surface area contributed by atoms with Crippen LogP contribution >= 0.6 is 0 Å². The summed E-state index contributed by atoms with van der Waals surface area (Å²) < 4.78 is 10.4. The number of fused-ring (bicyclic) bond motifs is 1. The van der Waals surface area contributed by atoms with Gasteiger partial charge < -0.3 is 14.9 Å². The van der Waals surface area contributed by atoms with E-state index in [0.29, 0.717) is 0 Å². The Morgan fingerprint density at radius 3 is 2.80 bits per heavy atom. The summed E-state index contributed by atoms with van der Waals surface area (Å²) in [6, 6.07) is 5.88. The van der Waals surface area contributed by atoms with Gasteiger partial charge in [0, 0.05) is 10.9 Å². The number of benzene rings is 1. The number of amides is 1. The molecule has 106 valence electrons. The summed E-state index contributed by atoms with van der Waals surface area (Å²) in [5.41, 5.74) is 7.70. The molecule has 1 heterocycles. The van der Waals surface area contributed by atoms with Gasteiger partial charge in [0.05, 0.1) is 12.7 Å². The number of esters is 1. The van der Waals surface area contributed by atoms with Crippen molar-refractivity contribution >= 4 is 22.8 Å². The van der Waals surface area contributed by atoms with Crippen LogP contribution in [0, 0.1) is 0 Å². The van der Waals surface area contributed by atoms with Gasteiger partial charge in [-0.2, -0.15) is 0 Å². The van der Waals surface area contributed by atoms with Gasteiger partial charge in [0.25, 0.3) is 5.91 Å². The van der Waals surface area contributed by atoms with Gasteiger partial charge in [0.2, 0.25) is 0 Å². The number of primary amides is 1. The zero-order valence-corrected chi connectivity index (χ0v) is 11.5. The van der Waals surface area contributed by atoms with Crippen LogP contribution in [0.25, 0.3) is 11.0 Å². The Hall–Kier alpha value is -2.30. The summed E-state index contributed by atoms with van der Waals surface area (Å²) in [4.78, 5) is 22.6. The van der Waals surface area contributed by atoms with Crippen LogP contribution in [0.5, 0.6) is 0 Å². The summed E-state index contributed by atoms with van der Waals surface area (Å²) in [5, 5.41) is 0.880. The van der Waals surface area contributed by atoms with Gasteiger partial charge in [0.1, 0.15) is 5.58 Å². The highest BCUT2D eigenvalue weighted by atomic mass is 16.5. The van der Waals surface area contributed by atoms with E-state index in [0.717, 1.165) is 23.0 Å². The van der Waals surface area contributed by atoms with E-state index in [1.165, 1.54) is 12.5 Å². The molecule has 0 saturated heterocycles. The van der Waals surface area contributed by atoms with Crippen molar-refractivity contribution in [1.82, 2.24) is 0 Å². The molecule has 0 unspecified atom stereocenters. The van der Waals surface area contributed by atoms with Gasteiger partial charge in [-0.05, 0) is 25.0 Å². The van der Waals surface area contributed by atoms with Crippen LogP contribution in [-0.2, 0) is 27.2 Å². The highest BCUT2D eigenvalue weighted by Gasteiger charge is 2.17. The number of nitrogens with two attached hydrogens (primary N) is 1. The molecule has 0 saturated carbocycles. The number of hydrogen-bond donors (Lipinski definition) is 1. The summed E-state index contributed by atoms with van der Waals surface area (Å²) >= 11 is 0. The second kappa shape index (κ2) is 5.77. The van der Waals surface area contributed by atoms with Crippen LogP contribution in [0.1, 0.15) is 25.0 Å². The predicted octanol–water partition coefficient (Wildman–Crippen LogP) is 1.95. The summed E-state index contributed by atoms with van der Waals surface area (Å²) in [5.74, 6) is -1.17. The average molecular weight is 275 g/mol. The van der Waals surface area contributed by atoms with Crippen molar-refractivity contribution in [3.05, 3.63) is 35.6 Å². The lowest BCUT2D eigenvalue weighted by Crippen LogP contribution is -2.30. The van der Waals surface area contributed by atoms with Gasteiger partial charge in [-0.15, -0.1) is 0 Å². The molecular formula is C15H17NO4. The lowest BCUT2D eigenvalue weighted by Gasteiger charge is -2.08. The predicted molar refractivity (Wildman–Crippen MR) is 74.0 cm³/mol. The van der Waals surface area contributed by atoms with Gasteiger partial charge in [-0.3, -0.25) is 9.59 Å². The molecule has 0 aliphatic carbocycles. The Balaban J connectivity index is 2.14. The third kappa shape index (κ3) is 2.99. The molecule has 5 heteroatoms. The fraction of sp³-hybridized carbons (Fsp3) is 0.333. The van der Waals surface area contributed by atoms with Gasteiger partial charge in [-0.25, -0.2) is 0 Å². The van der Waals surface area contributed by atoms with Crippen molar-refractivity contribution in [3.63, 3.8) is 0 Å². The fourth-order valence-electron chi connectivity index (χ4n) is 1.94. The molecule has 0 aliphatic heterocycles. The Kier molecular flexibility index (Phi) is 4.08. The van der Waals surface area contributed by atoms with E-state index >= 15 is 0 Å². The second-order valence-electron chi connectivity index (χ2n) is 4.66. The first-order chi connectivity index (χ1) is 9.51. The zero-order valence-electron chi connectivity index (χ0n) is 11.5. The number of aryl methyl sites for hydroxylation is 1. The van der Waals surface area contributed by atoms with Crippen molar-refractivity contribution in [3.8, 4) is 0 Å². The minimum atomic E-state index is -0.924. The summed E-state index contributed by atoms with van der Waals surface area (Å²) in [7, 11) is 0. The molecule has 2 aromatic rings. The number of rotatable bonds is 5. The van der Waals surface area contributed by atoms with Gasteiger partial charge >= 0.3 is 5.97 Å². The average Bonchev–Trinajstić information content (AvgIpc) is 2.80. The molecular weight excluding hydrogens is 258 g/mol. The molecule has 20 heavy (non-hydrogen) atoms. The smallest absolute Gasteiger partial charge is 0.311 e. The first kappa shape index (κ1) is 14.1. The van der Waals surface area contributed by atoms with E-state index in [1.54, 1.807) is 6.26 Å². The molecule has 1 atom stereocenters. The van der Waals surface area contributed by atoms with E-state index < -0.39 is 18.0 Å². The molecule has 2 rings (SSSR count). The molecule has 2 N–H and O–H groups in total. The lowest BCUT2D eigenvalue weighted by molar-refractivity contribution is -0.153. The zero-order chi connectivity index (χ0) is 14.7. The number of furan rings is 1. The Labute approximate surface area is 116 Å². The number of ether oxygens (including phenoxy) is 1. The minimum Gasteiger partial charge on any atom is -0.464 e. The topological polar surface area (TPSA) is 82.5 Å². The van der Waals surface area contributed by atoms with Crippen LogP contribution in [0.4, 0.5) is 0 Å². The van der Waals surface area contributed by atoms with E-state index in [9.17, 15) is 9.59 Å². The third-order valence-electron chi connectivity index (χ3n) is 3.17. The first-order valence-corrected chi connectivity index (χ1v) is 6.49.